The van der Waals surface area contributed by atoms with Gasteiger partial charge in [-0.3, -0.25) is 14.5 Å². The van der Waals surface area contributed by atoms with Gasteiger partial charge < -0.3 is 5.32 Å². The molecule has 2 rings (SSSR count). The molecule has 126 valence electrons. The van der Waals surface area contributed by atoms with Crippen molar-refractivity contribution in [3.8, 4) is 0 Å². The summed E-state index contributed by atoms with van der Waals surface area (Å²) in [6.45, 7) is 7.26. The molecule has 0 atom stereocenters. The maximum atomic E-state index is 12.0. The molecule has 0 bridgehead atoms. The van der Waals surface area contributed by atoms with Crippen molar-refractivity contribution in [2.24, 2.45) is 0 Å². The highest BCUT2D eigenvalue weighted by atomic mass is 32.1. The Morgan fingerprint density at radius 2 is 1.88 bits per heavy atom. The smallest absolute Gasteiger partial charge is 0.244 e. The highest BCUT2D eigenvalue weighted by Gasteiger charge is 2.17. The molecule has 0 radical (unpaired) electrons. The predicted molar refractivity (Wildman–Crippen MR) is 98.3 cm³/mol. The third kappa shape index (κ3) is 5.03. The number of aromatic nitrogens is 1. The molecule has 1 heterocycles. The van der Waals surface area contributed by atoms with E-state index in [9.17, 15) is 9.59 Å². The number of para-hydroxylation sites is 1. The van der Waals surface area contributed by atoms with Gasteiger partial charge in [-0.1, -0.05) is 18.2 Å². The Bertz CT molecular complexity index is 745. The van der Waals surface area contributed by atoms with Gasteiger partial charge in [-0.05, 0) is 39.0 Å². The van der Waals surface area contributed by atoms with Gasteiger partial charge in [0, 0.05) is 23.9 Å². The Morgan fingerprint density at radius 3 is 2.46 bits per heavy atom. The van der Waals surface area contributed by atoms with Crippen LogP contribution in [-0.4, -0.2) is 22.3 Å². The SMILES string of the molecule is CC(=O)N(c1ccccc1)c1nc(/C=C/C(=O)NC(C)(C)C)cs1. The summed E-state index contributed by atoms with van der Waals surface area (Å²) in [7, 11) is 0. The van der Waals surface area contributed by atoms with Crippen molar-refractivity contribution in [3.05, 3.63) is 47.5 Å². The fourth-order valence-corrected chi connectivity index (χ4v) is 2.89. The number of rotatable bonds is 4. The minimum absolute atomic E-state index is 0.114. The van der Waals surface area contributed by atoms with E-state index in [2.05, 4.69) is 10.3 Å². The fraction of sp³-hybridized carbons (Fsp3) is 0.278. The second kappa shape index (κ2) is 7.40. The molecule has 6 heteroatoms. The maximum Gasteiger partial charge on any atom is 0.244 e. The zero-order valence-electron chi connectivity index (χ0n) is 14.2. The van der Waals surface area contributed by atoms with Gasteiger partial charge in [-0.15, -0.1) is 11.3 Å². The molecule has 0 fully saturated rings. The molecule has 2 aromatic rings. The topological polar surface area (TPSA) is 62.3 Å². The molecule has 0 aliphatic carbocycles. The van der Waals surface area contributed by atoms with E-state index in [-0.39, 0.29) is 17.4 Å². The maximum absolute atomic E-state index is 12.0. The largest absolute Gasteiger partial charge is 0.348 e. The Kier molecular flexibility index (Phi) is 5.51. The molecule has 1 aromatic heterocycles. The third-order valence-corrected chi connectivity index (χ3v) is 3.78. The van der Waals surface area contributed by atoms with Crippen LogP contribution in [0.4, 0.5) is 10.8 Å². The van der Waals surface area contributed by atoms with Gasteiger partial charge in [0.25, 0.3) is 0 Å². The van der Waals surface area contributed by atoms with E-state index >= 15 is 0 Å². The zero-order chi connectivity index (χ0) is 17.7. The van der Waals surface area contributed by atoms with Crippen LogP contribution in [0.5, 0.6) is 0 Å². The predicted octanol–water partition coefficient (Wildman–Crippen LogP) is 3.76. The number of hydrogen-bond acceptors (Lipinski definition) is 4. The van der Waals surface area contributed by atoms with Crippen molar-refractivity contribution >= 4 is 40.0 Å². The summed E-state index contributed by atoms with van der Waals surface area (Å²) in [6.07, 6.45) is 3.09. The number of nitrogens with one attached hydrogen (secondary N) is 1. The summed E-state index contributed by atoms with van der Waals surface area (Å²) in [6, 6.07) is 9.35. The van der Waals surface area contributed by atoms with Crippen LogP contribution >= 0.6 is 11.3 Å². The Balaban J connectivity index is 2.17. The van der Waals surface area contributed by atoms with E-state index in [0.717, 1.165) is 5.69 Å². The van der Waals surface area contributed by atoms with Crippen molar-refractivity contribution in [1.82, 2.24) is 10.3 Å². The first-order valence-electron chi connectivity index (χ1n) is 7.58. The van der Waals surface area contributed by atoms with Crippen molar-refractivity contribution in [2.75, 3.05) is 4.90 Å². The number of carbonyl (C=O) groups excluding carboxylic acids is 2. The van der Waals surface area contributed by atoms with Crippen molar-refractivity contribution in [1.29, 1.82) is 0 Å². The lowest BCUT2D eigenvalue weighted by atomic mass is 10.1. The Labute approximate surface area is 146 Å². The summed E-state index contributed by atoms with van der Waals surface area (Å²) in [5.41, 5.74) is 1.12. The standard InChI is InChI=1S/C18H21N3O2S/c1-13(22)21(15-8-6-5-7-9-15)17-19-14(12-24-17)10-11-16(23)20-18(2,3)4/h5-12H,1-4H3,(H,20,23)/b11-10+. The molecule has 0 saturated heterocycles. The van der Waals surface area contributed by atoms with Gasteiger partial charge in [0.1, 0.15) is 0 Å². The number of amides is 2. The van der Waals surface area contributed by atoms with Crippen LogP contribution in [-0.2, 0) is 9.59 Å². The second-order valence-electron chi connectivity index (χ2n) is 6.32. The Morgan fingerprint density at radius 1 is 1.21 bits per heavy atom. The normalized spacial score (nSPS) is 11.5. The molecule has 0 aliphatic heterocycles. The van der Waals surface area contributed by atoms with Gasteiger partial charge >= 0.3 is 0 Å². The van der Waals surface area contributed by atoms with Crippen LogP contribution in [0.2, 0.25) is 0 Å². The molecule has 0 aliphatic rings. The van der Waals surface area contributed by atoms with Crippen LogP contribution in [0.3, 0.4) is 0 Å². The molecule has 1 aromatic carbocycles. The molecule has 0 spiro atoms. The average Bonchev–Trinajstić information content (AvgIpc) is 2.93. The average molecular weight is 343 g/mol. The zero-order valence-corrected chi connectivity index (χ0v) is 15.1. The number of anilines is 2. The molecule has 1 N–H and O–H groups in total. The molecule has 0 unspecified atom stereocenters. The van der Waals surface area contributed by atoms with Crippen LogP contribution in [0.25, 0.3) is 6.08 Å². The van der Waals surface area contributed by atoms with E-state index < -0.39 is 0 Å². The number of benzene rings is 1. The van der Waals surface area contributed by atoms with Crippen molar-refractivity contribution in [3.63, 3.8) is 0 Å². The van der Waals surface area contributed by atoms with Gasteiger partial charge in [0.05, 0.1) is 11.4 Å². The summed E-state index contributed by atoms with van der Waals surface area (Å²) in [5, 5.41) is 5.24. The first-order chi connectivity index (χ1) is 11.3. The number of carbonyl (C=O) groups is 2. The summed E-state index contributed by atoms with van der Waals surface area (Å²) in [5.74, 6) is -0.292. The molecule has 2 amide bonds. The number of hydrogen-bond donors (Lipinski definition) is 1. The fourth-order valence-electron chi connectivity index (χ4n) is 2.03. The Hall–Kier alpha value is -2.47. The molecule has 0 saturated carbocycles. The molecule has 24 heavy (non-hydrogen) atoms. The number of thiazole rings is 1. The first-order valence-corrected chi connectivity index (χ1v) is 8.46. The number of nitrogens with zero attached hydrogens (tertiary/aromatic N) is 2. The van der Waals surface area contributed by atoms with Gasteiger partial charge in [-0.25, -0.2) is 4.98 Å². The lowest BCUT2D eigenvalue weighted by Crippen LogP contribution is -2.39. The van der Waals surface area contributed by atoms with E-state index in [1.165, 1.54) is 24.3 Å². The quantitative estimate of drug-likeness (QED) is 0.860. The summed E-state index contributed by atoms with van der Waals surface area (Å²) >= 11 is 1.36. The van der Waals surface area contributed by atoms with Gasteiger partial charge in [0.2, 0.25) is 11.8 Å². The monoisotopic (exact) mass is 343 g/mol. The lowest BCUT2D eigenvalue weighted by Gasteiger charge is -2.18. The van der Waals surface area contributed by atoms with Crippen molar-refractivity contribution < 1.29 is 9.59 Å². The van der Waals surface area contributed by atoms with Crippen LogP contribution in [0.1, 0.15) is 33.4 Å². The van der Waals surface area contributed by atoms with E-state index in [1.54, 1.807) is 11.0 Å². The third-order valence-electron chi connectivity index (χ3n) is 2.93. The molecular weight excluding hydrogens is 322 g/mol. The minimum atomic E-state index is -0.284. The lowest BCUT2D eigenvalue weighted by molar-refractivity contribution is -0.118. The summed E-state index contributed by atoms with van der Waals surface area (Å²) < 4.78 is 0. The molecular formula is C18H21N3O2S. The van der Waals surface area contributed by atoms with Gasteiger partial charge in [0.15, 0.2) is 5.13 Å². The summed E-state index contributed by atoms with van der Waals surface area (Å²) in [4.78, 5) is 29.8. The van der Waals surface area contributed by atoms with E-state index in [0.29, 0.717) is 10.8 Å². The highest BCUT2D eigenvalue weighted by molar-refractivity contribution is 7.14. The first kappa shape index (κ1) is 17.9. The van der Waals surface area contributed by atoms with E-state index in [4.69, 9.17) is 0 Å². The van der Waals surface area contributed by atoms with Crippen molar-refractivity contribution in [2.45, 2.75) is 33.2 Å². The van der Waals surface area contributed by atoms with Crippen LogP contribution in [0.15, 0.2) is 41.8 Å². The minimum Gasteiger partial charge on any atom is -0.348 e. The van der Waals surface area contributed by atoms with Crippen LogP contribution < -0.4 is 10.2 Å². The second-order valence-corrected chi connectivity index (χ2v) is 7.15. The van der Waals surface area contributed by atoms with E-state index in [1.807, 2.05) is 56.5 Å². The van der Waals surface area contributed by atoms with Crippen LogP contribution in [0, 0.1) is 0 Å². The van der Waals surface area contributed by atoms with Gasteiger partial charge in [-0.2, -0.15) is 0 Å². The highest BCUT2D eigenvalue weighted by Crippen LogP contribution is 2.28. The molecule has 5 nitrogen and oxygen atoms in total.